The first-order chi connectivity index (χ1) is 16.3. The SMILES string of the molecule is CC1CCCC(C)N1C(=O)COc1ccc(C(=O)OCc2nc3ccccc3n2C(F)F)cc1. The second-order valence-corrected chi connectivity index (χ2v) is 8.48. The van der Waals surface area contributed by atoms with Crippen LogP contribution in [0.15, 0.2) is 48.5 Å². The number of piperidine rings is 1. The van der Waals surface area contributed by atoms with Gasteiger partial charge in [0, 0.05) is 12.1 Å². The van der Waals surface area contributed by atoms with Crippen molar-refractivity contribution in [2.75, 3.05) is 6.61 Å². The normalized spacial score (nSPS) is 18.3. The minimum atomic E-state index is -2.81. The van der Waals surface area contributed by atoms with Gasteiger partial charge in [0.05, 0.1) is 16.6 Å². The van der Waals surface area contributed by atoms with Gasteiger partial charge in [-0.3, -0.25) is 9.36 Å². The van der Waals surface area contributed by atoms with Gasteiger partial charge >= 0.3 is 12.5 Å². The molecule has 1 amide bonds. The van der Waals surface area contributed by atoms with E-state index in [2.05, 4.69) is 4.98 Å². The van der Waals surface area contributed by atoms with Crippen LogP contribution in [-0.2, 0) is 16.1 Å². The van der Waals surface area contributed by atoms with E-state index in [9.17, 15) is 18.4 Å². The quantitative estimate of drug-likeness (QED) is 0.456. The molecule has 180 valence electrons. The molecule has 2 atom stereocenters. The number of hydrogen-bond donors (Lipinski definition) is 0. The van der Waals surface area contributed by atoms with Crippen molar-refractivity contribution >= 4 is 22.9 Å². The van der Waals surface area contributed by atoms with E-state index < -0.39 is 19.1 Å². The van der Waals surface area contributed by atoms with Crippen LogP contribution in [0.25, 0.3) is 11.0 Å². The van der Waals surface area contributed by atoms with Crippen LogP contribution in [0.1, 0.15) is 55.8 Å². The first-order valence-corrected chi connectivity index (χ1v) is 11.3. The Morgan fingerprint density at radius 3 is 2.41 bits per heavy atom. The van der Waals surface area contributed by atoms with Crippen molar-refractivity contribution in [3.8, 4) is 5.75 Å². The number of halogens is 2. The third-order valence-electron chi connectivity index (χ3n) is 6.13. The number of esters is 1. The number of imidazole rings is 1. The fraction of sp³-hybridized carbons (Fsp3) is 0.400. The number of aromatic nitrogens is 2. The van der Waals surface area contributed by atoms with E-state index in [4.69, 9.17) is 9.47 Å². The van der Waals surface area contributed by atoms with Gasteiger partial charge < -0.3 is 14.4 Å². The summed E-state index contributed by atoms with van der Waals surface area (Å²) in [6.45, 7) is 0.810. The van der Waals surface area contributed by atoms with E-state index >= 15 is 0 Å². The lowest BCUT2D eigenvalue weighted by Gasteiger charge is -2.38. The molecule has 0 radical (unpaired) electrons. The Balaban J connectivity index is 1.34. The summed E-state index contributed by atoms with van der Waals surface area (Å²) in [6, 6.07) is 13.0. The molecule has 0 bridgehead atoms. The monoisotopic (exact) mass is 471 g/mol. The molecule has 1 aliphatic heterocycles. The highest BCUT2D eigenvalue weighted by Crippen LogP contribution is 2.25. The number of rotatable bonds is 7. The molecule has 2 aromatic carbocycles. The number of nitrogens with zero attached hydrogens (tertiary/aromatic N) is 3. The molecule has 0 spiro atoms. The van der Waals surface area contributed by atoms with Crippen LogP contribution in [0.3, 0.4) is 0 Å². The van der Waals surface area contributed by atoms with Gasteiger partial charge in [-0.15, -0.1) is 0 Å². The maximum absolute atomic E-state index is 13.5. The lowest BCUT2D eigenvalue weighted by atomic mass is 9.97. The summed E-state index contributed by atoms with van der Waals surface area (Å²) in [5, 5.41) is 0. The van der Waals surface area contributed by atoms with Gasteiger partial charge in [-0.1, -0.05) is 12.1 Å². The second-order valence-electron chi connectivity index (χ2n) is 8.48. The van der Waals surface area contributed by atoms with Crippen molar-refractivity contribution < 1.29 is 27.8 Å². The maximum atomic E-state index is 13.5. The van der Waals surface area contributed by atoms with Gasteiger partial charge in [0.1, 0.15) is 12.4 Å². The smallest absolute Gasteiger partial charge is 0.338 e. The van der Waals surface area contributed by atoms with E-state index in [0.29, 0.717) is 11.3 Å². The van der Waals surface area contributed by atoms with Crippen molar-refractivity contribution in [2.45, 2.75) is 58.3 Å². The summed E-state index contributed by atoms with van der Waals surface area (Å²) in [5.74, 6) is -0.331. The van der Waals surface area contributed by atoms with Crippen LogP contribution < -0.4 is 4.74 Å². The van der Waals surface area contributed by atoms with Crippen molar-refractivity contribution in [3.05, 3.63) is 59.9 Å². The molecule has 0 aliphatic carbocycles. The van der Waals surface area contributed by atoms with Gasteiger partial charge in [-0.05, 0) is 69.5 Å². The van der Waals surface area contributed by atoms with Crippen molar-refractivity contribution in [2.24, 2.45) is 0 Å². The van der Waals surface area contributed by atoms with Crippen LogP contribution in [0, 0.1) is 0 Å². The summed E-state index contributed by atoms with van der Waals surface area (Å²) in [6.07, 6.45) is 3.09. The topological polar surface area (TPSA) is 73.7 Å². The highest BCUT2D eigenvalue weighted by Gasteiger charge is 2.29. The molecule has 1 aliphatic rings. The van der Waals surface area contributed by atoms with Crippen LogP contribution in [-0.4, -0.2) is 45.0 Å². The van der Waals surface area contributed by atoms with Crippen molar-refractivity contribution in [3.63, 3.8) is 0 Å². The van der Waals surface area contributed by atoms with E-state index in [0.717, 1.165) is 23.8 Å². The number of likely N-dealkylation sites (tertiary alicyclic amines) is 1. The third kappa shape index (κ3) is 5.03. The predicted octanol–water partition coefficient (Wildman–Crippen LogP) is 4.96. The molecule has 34 heavy (non-hydrogen) atoms. The molecule has 1 saturated heterocycles. The third-order valence-corrected chi connectivity index (χ3v) is 6.13. The van der Waals surface area contributed by atoms with Crippen LogP contribution >= 0.6 is 0 Å². The molecule has 1 fully saturated rings. The molecule has 2 heterocycles. The number of hydrogen-bond acceptors (Lipinski definition) is 5. The lowest BCUT2D eigenvalue weighted by Crippen LogP contribution is -2.49. The Labute approximate surface area is 196 Å². The highest BCUT2D eigenvalue weighted by molar-refractivity contribution is 5.89. The van der Waals surface area contributed by atoms with E-state index in [-0.39, 0.29) is 41.5 Å². The summed E-state index contributed by atoms with van der Waals surface area (Å²) in [7, 11) is 0. The van der Waals surface area contributed by atoms with Crippen LogP contribution in [0.5, 0.6) is 5.75 Å². The largest absolute Gasteiger partial charge is 0.484 e. The lowest BCUT2D eigenvalue weighted by molar-refractivity contribution is -0.139. The average molecular weight is 472 g/mol. The summed E-state index contributed by atoms with van der Waals surface area (Å²) < 4.78 is 38.6. The molecular weight excluding hydrogens is 444 g/mol. The van der Waals surface area contributed by atoms with Gasteiger partial charge in [-0.2, -0.15) is 8.78 Å². The Bertz CT molecular complexity index is 1150. The van der Waals surface area contributed by atoms with Gasteiger partial charge in [-0.25, -0.2) is 9.78 Å². The fourth-order valence-corrected chi connectivity index (χ4v) is 4.45. The minimum Gasteiger partial charge on any atom is -0.484 e. The number of amides is 1. The second kappa shape index (κ2) is 10.2. The molecule has 0 saturated carbocycles. The molecule has 3 aromatic rings. The molecule has 2 unspecified atom stereocenters. The van der Waals surface area contributed by atoms with Gasteiger partial charge in [0.2, 0.25) is 0 Å². The molecule has 0 N–H and O–H groups in total. The number of alkyl halides is 2. The fourth-order valence-electron chi connectivity index (χ4n) is 4.45. The summed E-state index contributed by atoms with van der Waals surface area (Å²) in [5.41, 5.74) is 0.905. The zero-order valence-electron chi connectivity index (χ0n) is 19.1. The summed E-state index contributed by atoms with van der Waals surface area (Å²) in [4.78, 5) is 31.0. The number of carbonyl (C=O) groups excluding carboxylic acids is 2. The molecule has 7 nitrogen and oxygen atoms in total. The molecule has 4 rings (SSSR count). The van der Waals surface area contributed by atoms with Crippen molar-refractivity contribution in [1.29, 1.82) is 0 Å². The minimum absolute atomic E-state index is 0.0378. The molecular formula is C25H27F2N3O4. The number of para-hydroxylation sites is 2. The van der Waals surface area contributed by atoms with Gasteiger partial charge in [0.15, 0.2) is 12.4 Å². The molecule has 9 heteroatoms. The van der Waals surface area contributed by atoms with E-state index in [1.807, 2.05) is 18.7 Å². The maximum Gasteiger partial charge on any atom is 0.338 e. The average Bonchev–Trinajstić information content (AvgIpc) is 3.20. The predicted molar refractivity (Wildman–Crippen MR) is 122 cm³/mol. The first-order valence-electron chi connectivity index (χ1n) is 11.3. The Hall–Kier alpha value is -3.49. The van der Waals surface area contributed by atoms with Crippen LogP contribution in [0.2, 0.25) is 0 Å². The number of fused-ring (bicyclic) bond motifs is 1. The number of ether oxygens (including phenoxy) is 2. The molecule has 1 aromatic heterocycles. The number of benzene rings is 2. The Kier molecular flexibility index (Phi) is 7.09. The Morgan fingerprint density at radius 2 is 1.74 bits per heavy atom. The van der Waals surface area contributed by atoms with E-state index in [1.165, 1.54) is 18.2 Å². The van der Waals surface area contributed by atoms with E-state index in [1.54, 1.807) is 30.3 Å². The van der Waals surface area contributed by atoms with Crippen LogP contribution in [0.4, 0.5) is 8.78 Å². The van der Waals surface area contributed by atoms with Crippen molar-refractivity contribution in [1.82, 2.24) is 14.5 Å². The zero-order chi connectivity index (χ0) is 24.2. The summed E-state index contributed by atoms with van der Waals surface area (Å²) >= 11 is 0. The zero-order valence-corrected chi connectivity index (χ0v) is 19.1. The highest BCUT2D eigenvalue weighted by atomic mass is 19.3. The standard InChI is InChI=1S/C25H27F2N3O4/c1-16-6-5-7-17(2)29(16)23(31)15-33-19-12-10-18(11-13-19)24(32)34-14-22-28-20-8-3-4-9-21(20)30(22)25(26)27/h3-4,8-13,16-17,25H,5-7,14-15H2,1-2H3. The first kappa shape index (κ1) is 23.7. The van der Waals surface area contributed by atoms with Gasteiger partial charge in [0.25, 0.3) is 5.91 Å². The number of carbonyl (C=O) groups is 2. The Morgan fingerprint density at radius 1 is 1.06 bits per heavy atom.